The molecule has 0 atom stereocenters. The molecule has 0 saturated carbocycles. The summed E-state index contributed by atoms with van der Waals surface area (Å²) in [7, 11) is 0. The predicted octanol–water partition coefficient (Wildman–Crippen LogP) is 3.67. The minimum atomic E-state index is -2.91. The highest BCUT2D eigenvalue weighted by Gasteiger charge is 2.12. The molecule has 3 rings (SSSR count). The van der Waals surface area contributed by atoms with Crippen molar-refractivity contribution in [3.05, 3.63) is 65.4 Å². The van der Waals surface area contributed by atoms with Gasteiger partial charge in [-0.1, -0.05) is 18.2 Å². The molecule has 8 heteroatoms. The fourth-order valence-corrected chi connectivity index (χ4v) is 3.10. The number of halogens is 2. The summed E-state index contributed by atoms with van der Waals surface area (Å²) in [4.78, 5) is 20.6. The van der Waals surface area contributed by atoms with Crippen LogP contribution in [-0.4, -0.2) is 22.5 Å². The zero-order valence-corrected chi connectivity index (χ0v) is 14.4. The number of amides is 1. The van der Waals surface area contributed by atoms with E-state index in [4.69, 9.17) is 0 Å². The fraction of sp³-hybridized carbons (Fsp3) is 0.167. The molecule has 1 amide bonds. The first-order valence-electron chi connectivity index (χ1n) is 7.76. The monoisotopic (exact) mass is 375 g/mol. The van der Waals surface area contributed by atoms with Crippen LogP contribution in [0.25, 0.3) is 10.6 Å². The third-order valence-corrected chi connectivity index (χ3v) is 4.41. The molecule has 0 saturated heterocycles. The number of ether oxygens (including phenoxy) is 1. The summed E-state index contributed by atoms with van der Waals surface area (Å²) in [6.07, 6.45) is 3.50. The zero-order valence-electron chi connectivity index (χ0n) is 13.6. The lowest BCUT2D eigenvalue weighted by Crippen LogP contribution is -2.25. The Kier molecular flexibility index (Phi) is 5.85. The van der Waals surface area contributed by atoms with Crippen LogP contribution in [0.3, 0.4) is 0 Å². The Morgan fingerprint density at radius 3 is 2.85 bits per heavy atom. The second kappa shape index (κ2) is 8.48. The maximum Gasteiger partial charge on any atom is 0.387 e. The fourth-order valence-electron chi connectivity index (χ4n) is 2.29. The molecule has 26 heavy (non-hydrogen) atoms. The van der Waals surface area contributed by atoms with Gasteiger partial charge in [-0.05, 0) is 18.2 Å². The van der Waals surface area contributed by atoms with Gasteiger partial charge in [-0.3, -0.25) is 9.78 Å². The van der Waals surface area contributed by atoms with E-state index < -0.39 is 6.61 Å². The molecule has 1 aromatic carbocycles. The van der Waals surface area contributed by atoms with Crippen molar-refractivity contribution in [3.8, 4) is 16.3 Å². The van der Waals surface area contributed by atoms with Gasteiger partial charge in [-0.25, -0.2) is 4.98 Å². The topological polar surface area (TPSA) is 64.1 Å². The Morgan fingerprint density at radius 2 is 2.08 bits per heavy atom. The van der Waals surface area contributed by atoms with Crippen molar-refractivity contribution in [2.75, 3.05) is 0 Å². The van der Waals surface area contributed by atoms with Crippen molar-refractivity contribution in [1.29, 1.82) is 0 Å². The predicted molar refractivity (Wildman–Crippen MR) is 94.0 cm³/mol. The molecule has 134 valence electrons. The number of carbonyl (C=O) groups is 1. The quantitative estimate of drug-likeness (QED) is 0.684. The number of hydrogen-bond acceptors (Lipinski definition) is 5. The summed E-state index contributed by atoms with van der Waals surface area (Å²) in [6.45, 7) is -2.81. The van der Waals surface area contributed by atoms with Crippen molar-refractivity contribution in [2.45, 2.75) is 19.6 Å². The number of pyridine rings is 1. The van der Waals surface area contributed by atoms with Crippen molar-refractivity contribution in [3.63, 3.8) is 0 Å². The minimum absolute atomic E-state index is 0.0512. The van der Waals surface area contributed by atoms with E-state index in [2.05, 4.69) is 20.0 Å². The highest BCUT2D eigenvalue weighted by atomic mass is 32.1. The summed E-state index contributed by atoms with van der Waals surface area (Å²) >= 11 is 1.43. The highest BCUT2D eigenvalue weighted by molar-refractivity contribution is 7.13. The number of rotatable bonds is 7. The number of benzene rings is 1. The zero-order chi connectivity index (χ0) is 18.4. The molecular formula is C18H15F2N3O2S. The smallest absolute Gasteiger partial charge is 0.387 e. The van der Waals surface area contributed by atoms with Gasteiger partial charge in [0, 0.05) is 35.4 Å². The molecule has 0 unspecified atom stereocenters. The van der Waals surface area contributed by atoms with Gasteiger partial charge in [0.25, 0.3) is 0 Å². The largest absolute Gasteiger partial charge is 0.434 e. The van der Waals surface area contributed by atoms with Crippen LogP contribution in [0.2, 0.25) is 0 Å². The minimum Gasteiger partial charge on any atom is -0.434 e. The Hall–Kier alpha value is -2.87. The van der Waals surface area contributed by atoms with Crippen molar-refractivity contribution < 1.29 is 18.3 Å². The van der Waals surface area contributed by atoms with Crippen LogP contribution in [0.5, 0.6) is 5.75 Å². The third-order valence-electron chi connectivity index (χ3n) is 3.47. The van der Waals surface area contributed by atoms with Gasteiger partial charge in [-0.2, -0.15) is 8.78 Å². The number of carbonyl (C=O) groups excluding carboxylic acids is 1. The van der Waals surface area contributed by atoms with Gasteiger partial charge in [0.05, 0.1) is 12.1 Å². The lowest BCUT2D eigenvalue weighted by Gasteiger charge is -2.11. The van der Waals surface area contributed by atoms with Gasteiger partial charge in [-0.15, -0.1) is 11.3 Å². The van der Waals surface area contributed by atoms with Gasteiger partial charge >= 0.3 is 6.61 Å². The van der Waals surface area contributed by atoms with Crippen LogP contribution in [-0.2, 0) is 17.8 Å². The summed E-state index contributed by atoms with van der Waals surface area (Å²) in [5, 5.41) is 5.30. The maximum absolute atomic E-state index is 12.4. The SMILES string of the molecule is O=C(Cc1csc(-c2cccnc2)n1)NCc1ccccc1OC(F)F. The second-order valence-corrected chi connectivity index (χ2v) is 6.18. The van der Waals surface area contributed by atoms with Crippen LogP contribution in [0.4, 0.5) is 8.78 Å². The summed E-state index contributed by atoms with van der Waals surface area (Å²) in [5.74, 6) is -0.199. The Labute approximate surface area is 152 Å². The van der Waals surface area contributed by atoms with E-state index in [0.29, 0.717) is 11.3 Å². The summed E-state index contributed by atoms with van der Waals surface area (Å²) in [6, 6.07) is 10.1. The molecule has 5 nitrogen and oxygen atoms in total. The van der Waals surface area contributed by atoms with Crippen LogP contribution in [0, 0.1) is 0 Å². The summed E-state index contributed by atoms with van der Waals surface area (Å²) in [5.41, 5.74) is 2.01. The Morgan fingerprint density at radius 1 is 1.23 bits per heavy atom. The number of nitrogens with one attached hydrogen (secondary N) is 1. The van der Waals surface area contributed by atoms with Crippen LogP contribution in [0.15, 0.2) is 54.2 Å². The molecule has 3 aromatic rings. The molecule has 1 N–H and O–H groups in total. The number of alkyl halides is 2. The third kappa shape index (κ3) is 4.82. The van der Waals surface area contributed by atoms with E-state index in [1.165, 1.54) is 17.4 Å². The van der Waals surface area contributed by atoms with Crippen LogP contribution >= 0.6 is 11.3 Å². The lowest BCUT2D eigenvalue weighted by molar-refractivity contribution is -0.120. The van der Waals surface area contributed by atoms with E-state index in [-0.39, 0.29) is 24.6 Å². The average molecular weight is 375 g/mol. The first kappa shape index (κ1) is 17.9. The number of thiazole rings is 1. The first-order valence-corrected chi connectivity index (χ1v) is 8.64. The lowest BCUT2D eigenvalue weighted by atomic mass is 10.2. The summed E-state index contributed by atoms with van der Waals surface area (Å²) < 4.78 is 29.3. The van der Waals surface area contributed by atoms with Crippen LogP contribution in [0.1, 0.15) is 11.3 Å². The molecule has 0 spiro atoms. The van der Waals surface area contributed by atoms with E-state index >= 15 is 0 Å². The highest BCUT2D eigenvalue weighted by Crippen LogP contribution is 2.23. The van der Waals surface area contributed by atoms with Crippen molar-refractivity contribution in [2.24, 2.45) is 0 Å². The van der Waals surface area contributed by atoms with Crippen molar-refractivity contribution >= 4 is 17.2 Å². The molecule has 0 aliphatic carbocycles. The molecule has 0 radical (unpaired) electrons. The maximum atomic E-state index is 12.4. The number of hydrogen-bond donors (Lipinski definition) is 1. The Bertz CT molecular complexity index is 872. The first-order chi connectivity index (χ1) is 12.6. The normalized spacial score (nSPS) is 10.7. The number of aromatic nitrogens is 2. The number of para-hydroxylation sites is 1. The molecule has 2 aromatic heterocycles. The number of nitrogens with zero attached hydrogens (tertiary/aromatic N) is 2. The molecular weight excluding hydrogens is 360 g/mol. The van der Waals surface area contributed by atoms with Gasteiger partial charge < -0.3 is 10.1 Å². The van der Waals surface area contributed by atoms with Gasteiger partial charge in [0.15, 0.2) is 0 Å². The van der Waals surface area contributed by atoms with E-state index in [0.717, 1.165) is 10.6 Å². The Balaban J connectivity index is 1.58. The molecule has 2 heterocycles. The second-order valence-electron chi connectivity index (χ2n) is 5.33. The average Bonchev–Trinajstić information content (AvgIpc) is 3.10. The van der Waals surface area contributed by atoms with E-state index in [9.17, 15) is 13.6 Å². The standard InChI is InChI=1S/C18H15F2N3O2S/c19-18(20)25-15-6-2-1-4-12(15)10-22-16(24)8-14-11-26-17(23-14)13-5-3-7-21-9-13/h1-7,9,11,18H,8,10H2,(H,22,24). The van der Waals surface area contributed by atoms with E-state index in [1.54, 1.807) is 30.6 Å². The molecule has 0 aliphatic rings. The molecule has 0 fully saturated rings. The van der Waals surface area contributed by atoms with Gasteiger partial charge in [0.1, 0.15) is 10.8 Å². The van der Waals surface area contributed by atoms with Gasteiger partial charge in [0.2, 0.25) is 5.91 Å². The van der Waals surface area contributed by atoms with E-state index in [1.807, 2.05) is 17.5 Å². The van der Waals surface area contributed by atoms with Crippen LogP contribution < -0.4 is 10.1 Å². The van der Waals surface area contributed by atoms with Crippen molar-refractivity contribution in [1.82, 2.24) is 15.3 Å². The molecule has 0 aliphatic heterocycles. The molecule has 0 bridgehead atoms.